The Morgan fingerprint density at radius 2 is 1.71 bits per heavy atom. The molecule has 0 radical (unpaired) electrons. The monoisotopic (exact) mass is 458 g/mol. The molecule has 1 aliphatic heterocycles. The fourth-order valence-electron chi connectivity index (χ4n) is 4.14. The third-order valence-corrected chi connectivity index (χ3v) is 6.04. The first-order valence-corrected chi connectivity index (χ1v) is 11.3. The highest BCUT2D eigenvalue weighted by Gasteiger charge is 2.36. The van der Waals surface area contributed by atoms with E-state index >= 15 is 0 Å². The lowest BCUT2D eigenvalue weighted by Crippen LogP contribution is -2.48. The van der Waals surface area contributed by atoms with Gasteiger partial charge in [-0.05, 0) is 30.5 Å². The van der Waals surface area contributed by atoms with Crippen LogP contribution >= 0.6 is 0 Å². The Morgan fingerprint density at radius 3 is 2.38 bits per heavy atom. The van der Waals surface area contributed by atoms with E-state index < -0.39 is 23.3 Å². The van der Waals surface area contributed by atoms with E-state index in [1.807, 2.05) is 12.1 Å². The molecular formula is C26H26N4O4. The number of nitrogens with one attached hydrogen (secondary N) is 1. The van der Waals surface area contributed by atoms with Gasteiger partial charge in [0.15, 0.2) is 11.8 Å². The molecule has 3 heterocycles. The lowest BCUT2D eigenvalue weighted by atomic mass is 9.94. The van der Waals surface area contributed by atoms with Crippen LogP contribution in [0.4, 0.5) is 0 Å². The van der Waals surface area contributed by atoms with Crippen molar-refractivity contribution in [3.8, 4) is 0 Å². The summed E-state index contributed by atoms with van der Waals surface area (Å²) in [7, 11) is 0. The number of Topliss-reactive ketones (excluding diaryl/α,β-unsaturated/α-hetero) is 1. The average molecular weight is 459 g/mol. The number of ketones is 1. The highest BCUT2D eigenvalue weighted by Crippen LogP contribution is 2.22. The van der Waals surface area contributed by atoms with Crippen molar-refractivity contribution < 1.29 is 14.4 Å². The fraction of sp³-hybridized carbons (Fsp3) is 0.269. The summed E-state index contributed by atoms with van der Waals surface area (Å²) in [6, 6.07) is 15.4. The first-order valence-electron chi connectivity index (χ1n) is 11.3. The maximum absolute atomic E-state index is 13.5. The number of carbonyl (C=O) groups excluding carboxylic acids is 3. The van der Waals surface area contributed by atoms with E-state index in [1.165, 1.54) is 16.8 Å². The number of rotatable bonds is 7. The number of amides is 2. The Kier molecular flexibility index (Phi) is 7.27. The maximum Gasteiger partial charge on any atom is 0.253 e. The van der Waals surface area contributed by atoms with Crippen molar-refractivity contribution in [1.82, 2.24) is 19.8 Å². The van der Waals surface area contributed by atoms with E-state index in [0.29, 0.717) is 38.0 Å². The molecule has 2 aromatic heterocycles. The van der Waals surface area contributed by atoms with E-state index in [2.05, 4.69) is 10.3 Å². The van der Waals surface area contributed by atoms with Crippen LogP contribution in [0.15, 0.2) is 84.0 Å². The molecular weight excluding hydrogens is 432 g/mol. The molecule has 1 aliphatic rings. The molecule has 0 bridgehead atoms. The molecule has 8 heteroatoms. The number of hydrogen-bond acceptors (Lipinski definition) is 5. The van der Waals surface area contributed by atoms with Crippen LogP contribution in [-0.2, 0) is 16.1 Å². The van der Waals surface area contributed by atoms with E-state index in [-0.39, 0.29) is 11.8 Å². The minimum absolute atomic E-state index is 0.0628. The van der Waals surface area contributed by atoms with Gasteiger partial charge in [-0.1, -0.05) is 42.5 Å². The molecule has 8 nitrogen and oxygen atoms in total. The molecule has 1 unspecified atom stereocenters. The quantitative estimate of drug-likeness (QED) is 0.432. The fourth-order valence-corrected chi connectivity index (χ4v) is 4.14. The summed E-state index contributed by atoms with van der Waals surface area (Å²) >= 11 is 0. The number of benzene rings is 1. The van der Waals surface area contributed by atoms with Gasteiger partial charge in [0.2, 0.25) is 5.91 Å². The molecule has 1 N–H and O–H groups in total. The van der Waals surface area contributed by atoms with Gasteiger partial charge < -0.3 is 10.2 Å². The van der Waals surface area contributed by atoms with Gasteiger partial charge in [-0.25, -0.2) is 0 Å². The SMILES string of the molecule is O=C(NCc1cccnc1)C1CCN(C(=O)C(C(=O)c2ccccc2)n2ccccc2=O)CC1. The summed E-state index contributed by atoms with van der Waals surface area (Å²) in [6.07, 6.45) is 5.82. The van der Waals surface area contributed by atoms with E-state index in [0.717, 1.165) is 5.56 Å². The summed E-state index contributed by atoms with van der Waals surface area (Å²) in [6.45, 7) is 1.07. The number of aromatic nitrogens is 2. The molecule has 174 valence electrons. The van der Waals surface area contributed by atoms with Crippen LogP contribution in [0, 0.1) is 5.92 Å². The second kappa shape index (κ2) is 10.7. The van der Waals surface area contributed by atoms with Crippen LogP contribution in [0.1, 0.15) is 34.8 Å². The van der Waals surface area contributed by atoms with Gasteiger partial charge in [0.05, 0.1) is 0 Å². The molecule has 1 aromatic carbocycles. The predicted octanol–water partition coefficient (Wildman–Crippen LogP) is 2.22. The third-order valence-electron chi connectivity index (χ3n) is 6.04. The van der Waals surface area contributed by atoms with E-state index in [4.69, 9.17) is 0 Å². The lowest BCUT2D eigenvalue weighted by molar-refractivity contribution is -0.137. The molecule has 2 amide bonds. The van der Waals surface area contributed by atoms with Crippen molar-refractivity contribution in [3.05, 3.63) is 101 Å². The molecule has 0 saturated carbocycles. The first-order chi connectivity index (χ1) is 16.5. The van der Waals surface area contributed by atoms with Gasteiger partial charge >= 0.3 is 0 Å². The van der Waals surface area contributed by atoms with Crippen LogP contribution in [0.5, 0.6) is 0 Å². The van der Waals surface area contributed by atoms with Crippen LogP contribution in [0.3, 0.4) is 0 Å². The number of pyridine rings is 2. The number of piperidine rings is 1. The summed E-state index contributed by atoms with van der Waals surface area (Å²) < 4.78 is 1.18. The summed E-state index contributed by atoms with van der Waals surface area (Å²) in [5.74, 6) is -1.15. The van der Waals surface area contributed by atoms with Gasteiger partial charge in [0, 0.05) is 55.8 Å². The van der Waals surface area contributed by atoms with Crippen LogP contribution in [0.2, 0.25) is 0 Å². The zero-order valence-electron chi connectivity index (χ0n) is 18.7. The number of carbonyl (C=O) groups is 3. The molecule has 0 spiro atoms. The smallest absolute Gasteiger partial charge is 0.253 e. The highest BCUT2D eigenvalue weighted by molar-refractivity contribution is 6.11. The minimum atomic E-state index is -1.29. The normalized spacial score (nSPS) is 14.9. The van der Waals surface area contributed by atoms with Gasteiger partial charge in [0.25, 0.3) is 11.5 Å². The summed E-state index contributed by atoms with van der Waals surface area (Å²) in [4.78, 5) is 57.5. The second-order valence-corrected chi connectivity index (χ2v) is 8.26. The van der Waals surface area contributed by atoms with Crippen LogP contribution in [0.25, 0.3) is 0 Å². The summed E-state index contributed by atoms with van der Waals surface area (Å²) in [5.41, 5.74) is 0.857. The Balaban J connectivity index is 1.44. The van der Waals surface area contributed by atoms with Crippen molar-refractivity contribution in [2.75, 3.05) is 13.1 Å². The third kappa shape index (κ3) is 5.28. The number of hydrogen-bond donors (Lipinski definition) is 1. The Labute approximate surface area is 197 Å². The van der Waals surface area contributed by atoms with Crippen molar-refractivity contribution in [1.29, 1.82) is 0 Å². The van der Waals surface area contributed by atoms with Crippen LogP contribution in [-0.4, -0.2) is 45.1 Å². The average Bonchev–Trinajstić information content (AvgIpc) is 2.89. The number of nitrogens with zero attached hydrogens (tertiary/aromatic N) is 3. The van der Waals surface area contributed by atoms with Crippen molar-refractivity contribution in [2.24, 2.45) is 5.92 Å². The molecule has 3 aromatic rings. The molecule has 1 saturated heterocycles. The second-order valence-electron chi connectivity index (χ2n) is 8.26. The van der Waals surface area contributed by atoms with E-state index in [9.17, 15) is 19.2 Å². The standard InChI is InChI=1S/C26H26N4O4/c31-22-10-4-5-14-30(22)23(24(32)20-8-2-1-3-9-20)26(34)29-15-11-21(12-16-29)25(33)28-18-19-7-6-13-27-17-19/h1-10,13-14,17,21,23H,11-12,15-16,18H2,(H,28,33). The van der Waals surface area contributed by atoms with Crippen molar-refractivity contribution in [3.63, 3.8) is 0 Å². The predicted molar refractivity (Wildman–Crippen MR) is 126 cm³/mol. The lowest BCUT2D eigenvalue weighted by Gasteiger charge is -2.33. The molecule has 4 rings (SSSR count). The van der Waals surface area contributed by atoms with Crippen LogP contribution < -0.4 is 10.9 Å². The minimum Gasteiger partial charge on any atom is -0.352 e. The van der Waals surface area contributed by atoms with Gasteiger partial charge in [-0.2, -0.15) is 0 Å². The van der Waals surface area contributed by atoms with Gasteiger partial charge in [-0.3, -0.25) is 28.7 Å². The van der Waals surface area contributed by atoms with Crippen molar-refractivity contribution >= 4 is 17.6 Å². The van der Waals surface area contributed by atoms with Gasteiger partial charge in [0.1, 0.15) is 0 Å². The Bertz CT molecular complexity index is 1200. The summed E-state index contributed by atoms with van der Waals surface area (Å²) in [5, 5.41) is 2.93. The molecule has 1 fully saturated rings. The molecule has 1 atom stereocenters. The Hall–Kier alpha value is -4.07. The molecule has 34 heavy (non-hydrogen) atoms. The zero-order chi connectivity index (χ0) is 23.9. The zero-order valence-corrected chi connectivity index (χ0v) is 18.7. The van der Waals surface area contributed by atoms with E-state index in [1.54, 1.807) is 59.8 Å². The number of likely N-dealkylation sites (tertiary alicyclic amines) is 1. The topological polar surface area (TPSA) is 101 Å². The highest BCUT2D eigenvalue weighted by atomic mass is 16.2. The first kappa shape index (κ1) is 23.1. The van der Waals surface area contributed by atoms with Crippen molar-refractivity contribution in [2.45, 2.75) is 25.4 Å². The maximum atomic E-state index is 13.5. The molecule has 0 aliphatic carbocycles. The van der Waals surface area contributed by atoms with Gasteiger partial charge in [-0.15, -0.1) is 0 Å². The largest absolute Gasteiger partial charge is 0.352 e. The Morgan fingerprint density at radius 1 is 0.971 bits per heavy atom.